The average molecular weight is 478 g/mol. The molecule has 1 aromatic heterocycles. The van der Waals surface area contributed by atoms with Gasteiger partial charge in [0.25, 0.3) is 11.8 Å². The van der Waals surface area contributed by atoms with Crippen LogP contribution in [-0.4, -0.2) is 65.0 Å². The molecule has 0 saturated carbocycles. The Kier molecular flexibility index (Phi) is 6.52. The van der Waals surface area contributed by atoms with Crippen LogP contribution in [0.5, 0.6) is 0 Å². The van der Waals surface area contributed by atoms with Crippen molar-refractivity contribution in [1.82, 2.24) is 20.0 Å². The van der Waals surface area contributed by atoms with Crippen LogP contribution in [0.25, 0.3) is 10.9 Å². The summed E-state index contributed by atoms with van der Waals surface area (Å²) in [5.74, 6) is 6.03. The normalized spacial score (nSPS) is 15.1. The predicted octanol–water partition coefficient (Wildman–Crippen LogP) is 3.99. The molecule has 1 saturated heterocycles. The van der Waals surface area contributed by atoms with Crippen LogP contribution >= 0.6 is 0 Å². The number of nitrogens with one attached hydrogen (secondary N) is 2. The topological polar surface area (TPSA) is 81.3 Å². The molecule has 1 aliphatic rings. The van der Waals surface area contributed by atoms with Gasteiger partial charge in [0.1, 0.15) is 5.69 Å². The molecule has 2 heterocycles. The van der Waals surface area contributed by atoms with E-state index in [2.05, 4.69) is 32.3 Å². The van der Waals surface area contributed by atoms with Crippen molar-refractivity contribution < 1.29 is 9.59 Å². The molecule has 1 aliphatic heterocycles. The van der Waals surface area contributed by atoms with E-state index in [1.54, 1.807) is 6.07 Å². The minimum absolute atomic E-state index is 0.0179. The van der Waals surface area contributed by atoms with E-state index in [1.165, 1.54) is 0 Å². The van der Waals surface area contributed by atoms with Gasteiger partial charge < -0.3 is 15.1 Å². The van der Waals surface area contributed by atoms with Crippen molar-refractivity contribution >= 4 is 28.4 Å². The summed E-state index contributed by atoms with van der Waals surface area (Å²) in [4.78, 5) is 30.1. The number of H-pyrrole nitrogens is 1. The van der Waals surface area contributed by atoms with Gasteiger partial charge in [-0.25, -0.2) is 0 Å². The largest absolute Gasteiger partial charge is 0.337 e. The second kappa shape index (κ2) is 10.1. The second-order valence-corrected chi connectivity index (χ2v) is 9.10. The Balaban J connectivity index is 1.40. The van der Waals surface area contributed by atoms with Crippen molar-refractivity contribution in [3.63, 3.8) is 0 Å². The quantitative estimate of drug-likeness (QED) is 0.436. The molecule has 2 N–H and O–H groups in total. The van der Waals surface area contributed by atoms with E-state index in [1.807, 2.05) is 85.7 Å². The first-order valence-corrected chi connectivity index (χ1v) is 11.9. The van der Waals surface area contributed by atoms with E-state index in [4.69, 9.17) is 0 Å². The van der Waals surface area contributed by atoms with Crippen LogP contribution in [0.15, 0.2) is 72.8 Å². The fourth-order valence-corrected chi connectivity index (χ4v) is 4.41. The maximum atomic E-state index is 13.1. The Labute approximate surface area is 210 Å². The molecule has 4 aromatic rings. The Bertz CT molecular complexity index is 1480. The highest BCUT2D eigenvalue weighted by molar-refractivity contribution is 6.06. The van der Waals surface area contributed by atoms with Gasteiger partial charge in [-0.3, -0.25) is 14.7 Å². The van der Waals surface area contributed by atoms with E-state index >= 15 is 0 Å². The van der Waals surface area contributed by atoms with Crippen molar-refractivity contribution in [2.75, 3.05) is 32.5 Å². The number of anilines is 1. The molecule has 3 aromatic carbocycles. The molecule has 36 heavy (non-hydrogen) atoms. The van der Waals surface area contributed by atoms with Gasteiger partial charge in [-0.1, -0.05) is 36.3 Å². The highest BCUT2D eigenvalue weighted by Gasteiger charge is 2.28. The number of aromatic nitrogens is 2. The number of benzene rings is 3. The lowest BCUT2D eigenvalue weighted by molar-refractivity contribution is 0.0783. The van der Waals surface area contributed by atoms with Crippen LogP contribution in [0.1, 0.15) is 38.4 Å². The fraction of sp³-hybridized carbons (Fsp3) is 0.207. The van der Waals surface area contributed by atoms with Crippen molar-refractivity contribution in [3.05, 3.63) is 95.2 Å². The highest BCUT2D eigenvalue weighted by Crippen LogP contribution is 2.21. The number of rotatable bonds is 4. The predicted molar refractivity (Wildman–Crippen MR) is 141 cm³/mol. The average Bonchev–Trinajstić information content (AvgIpc) is 3.55. The second-order valence-electron chi connectivity index (χ2n) is 9.10. The molecular weight excluding hydrogens is 450 g/mol. The number of likely N-dealkylation sites (N-methyl/N-ethyl adjacent to an activating group) is 1. The summed E-state index contributed by atoms with van der Waals surface area (Å²) in [5, 5.41) is 11.0. The van der Waals surface area contributed by atoms with Crippen molar-refractivity contribution in [1.29, 1.82) is 0 Å². The molecule has 0 unspecified atom stereocenters. The van der Waals surface area contributed by atoms with Gasteiger partial charge in [0, 0.05) is 41.3 Å². The lowest BCUT2D eigenvalue weighted by Gasteiger charge is -2.20. The standard InChI is InChI=1S/C29H27N5O2/c1-33(2)23-16-17-34(19-23)29(36)21-13-15-27-25(18-21)26(31-32-27)14-12-20-8-6-7-11-24(20)28(35)30-22-9-4-3-5-10-22/h3-11,13,15,18,23H,16-17,19H2,1-2H3,(H,30,35)(H,31,32)/t23-/m1/s1. The van der Waals surface area contributed by atoms with E-state index < -0.39 is 0 Å². The van der Waals surface area contributed by atoms with Crippen LogP contribution in [-0.2, 0) is 0 Å². The van der Waals surface area contributed by atoms with Crippen LogP contribution in [0.2, 0.25) is 0 Å². The number of hydrogen-bond acceptors (Lipinski definition) is 4. The Hall–Kier alpha value is -4.41. The molecule has 0 bridgehead atoms. The number of carbonyl (C=O) groups excluding carboxylic acids is 2. The van der Waals surface area contributed by atoms with E-state index in [9.17, 15) is 9.59 Å². The number of amides is 2. The van der Waals surface area contributed by atoms with Gasteiger partial charge in [0.05, 0.1) is 11.1 Å². The third-order valence-electron chi connectivity index (χ3n) is 6.51. The SMILES string of the molecule is CN(C)[C@@H]1CCN(C(=O)c2ccc3n[nH]c(C#Cc4ccccc4C(=O)Nc4ccccc4)c3c2)C1. The van der Waals surface area contributed by atoms with E-state index in [0.717, 1.165) is 36.1 Å². The number of fused-ring (bicyclic) bond motifs is 1. The first kappa shape index (κ1) is 23.3. The lowest BCUT2D eigenvalue weighted by Crippen LogP contribution is -2.34. The maximum Gasteiger partial charge on any atom is 0.256 e. The third kappa shape index (κ3) is 4.85. The summed E-state index contributed by atoms with van der Waals surface area (Å²) in [6.07, 6.45) is 0.973. The van der Waals surface area contributed by atoms with Gasteiger partial charge in [0.15, 0.2) is 0 Å². The molecule has 0 aliphatic carbocycles. The molecule has 1 fully saturated rings. The molecular formula is C29H27N5O2. The zero-order valence-electron chi connectivity index (χ0n) is 20.3. The number of aromatic amines is 1. The van der Waals surface area contributed by atoms with Crippen LogP contribution in [0.4, 0.5) is 5.69 Å². The van der Waals surface area contributed by atoms with Crippen LogP contribution in [0, 0.1) is 11.8 Å². The van der Waals surface area contributed by atoms with E-state index in [-0.39, 0.29) is 11.8 Å². The highest BCUT2D eigenvalue weighted by atomic mass is 16.2. The minimum Gasteiger partial charge on any atom is -0.337 e. The zero-order chi connectivity index (χ0) is 25.1. The molecule has 0 radical (unpaired) electrons. The summed E-state index contributed by atoms with van der Waals surface area (Å²) in [6, 6.07) is 22.4. The van der Waals surface area contributed by atoms with Crippen LogP contribution in [0.3, 0.4) is 0 Å². The molecule has 180 valence electrons. The fourth-order valence-electron chi connectivity index (χ4n) is 4.41. The summed E-state index contributed by atoms with van der Waals surface area (Å²) >= 11 is 0. The van der Waals surface area contributed by atoms with Gasteiger partial charge in [-0.2, -0.15) is 5.10 Å². The maximum absolute atomic E-state index is 13.1. The first-order valence-electron chi connectivity index (χ1n) is 11.9. The van der Waals surface area contributed by atoms with Gasteiger partial charge in [0.2, 0.25) is 0 Å². The molecule has 0 spiro atoms. The number of para-hydroxylation sites is 1. The summed E-state index contributed by atoms with van der Waals surface area (Å²) < 4.78 is 0. The Morgan fingerprint density at radius 2 is 1.81 bits per heavy atom. The lowest BCUT2D eigenvalue weighted by atomic mass is 10.1. The van der Waals surface area contributed by atoms with Crippen molar-refractivity contribution in [2.24, 2.45) is 0 Å². The first-order chi connectivity index (χ1) is 17.5. The molecule has 5 rings (SSSR count). The van der Waals surface area contributed by atoms with E-state index in [0.29, 0.717) is 28.4 Å². The van der Waals surface area contributed by atoms with Crippen molar-refractivity contribution in [3.8, 4) is 11.8 Å². The minimum atomic E-state index is -0.227. The number of hydrogen-bond donors (Lipinski definition) is 2. The van der Waals surface area contributed by atoms with Crippen molar-refractivity contribution in [2.45, 2.75) is 12.5 Å². The van der Waals surface area contributed by atoms with Gasteiger partial charge in [-0.05, 0) is 68.9 Å². The smallest absolute Gasteiger partial charge is 0.256 e. The number of carbonyl (C=O) groups is 2. The monoisotopic (exact) mass is 477 g/mol. The molecule has 7 nitrogen and oxygen atoms in total. The summed E-state index contributed by atoms with van der Waals surface area (Å²) in [7, 11) is 4.09. The van der Waals surface area contributed by atoms with Gasteiger partial charge >= 0.3 is 0 Å². The molecule has 2 amide bonds. The zero-order valence-corrected chi connectivity index (χ0v) is 20.3. The van der Waals surface area contributed by atoms with Crippen LogP contribution < -0.4 is 5.32 Å². The summed E-state index contributed by atoms with van der Waals surface area (Å²) in [6.45, 7) is 1.48. The number of nitrogens with zero attached hydrogens (tertiary/aromatic N) is 3. The third-order valence-corrected chi connectivity index (χ3v) is 6.51. The summed E-state index contributed by atoms with van der Waals surface area (Å²) in [5.41, 5.74) is 3.76. The van der Waals surface area contributed by atoms with Gasteiger partial charge in [-0.15, -0.1) is 0 Å². The Morgan fingerprint density at radius 3 is 2.58 bits per heavy atom. The number of likely N-dealkylation sites (tertiary alicyclic amines) is 1. The molecule has 1 atom stereocenters. The molecule has 7 heteroatoms. The Morgan fingerprint density at radius 1 is 1.03 bits per heavy atom.